The van der Waals surface area contributed by atoms with E-state index in [9.17, 15) is 9.59 Å². The lowest BCUT2D eigenvalue weighted by atomic mass is 10.0. The van der Waals surface area contributed by atoms with Gasteiger partial charge in [-0.2, -0.15) is 0 Å². The van der Waals surface area contributed by atoms with Crippen molar-refractivity contribution >= 4 is 11.9 Å². The molecule has 0 saturated heterocycles. The quantitative estimate of drug-likeness (QED) is 0.276. The Labute approximate surface area is 171 Å². The van der Waals surface area contributed by atoms with Crippen LogP contribution in [0.2, 0.25) is 0 Å². The average molecular weight is 391 g/mol. The maximum atomic E-state index is 11.0. The molecule has 4 heteroatoms. The highest BCUT2D eigenvalue weighted by Crippen LogP contribution is 2.14. The lowest BCUT2D eigenvalue weighted by Gasteiger charge is -2.08. The first-order valence-electron chi connectivity index (χ1n) is 10.1. The Morgan fingerprint density at radius 1 is 0.643 bits per heavy atom. The van der Waals surface area contributed by atoms with Crippen molar-refractivity contribution in [2.45, 2.75) is 80.1 Å². The Morgan fingerprint density at radius 2 is 1.14 bits per heavy atom. The molecule has 0 aromatic carbocycles. The summed E-state index contributed by atoms with van der Waals surface area (Å²) < 4.78 is 10.0. The molecule has 0 bridgehead atoms. The molecule has 0 N–H and O–H groups in total. The molecular formula is C24H38O4. The molecule has 0 unspecified atom stereocenters. The van der Waals surface area contributed by atoms with Gasteiger partial charge in [0.05, 0.1) is 0 Å². The summed E-state index contributed by atoms with van der Waals surface area (Å²) in [5.74, 6) is -0.625. The molecule has 0 radical (unpaired) electrons. The molecule has 0 aliphatic carbocycles. The van der Waals surface area contributed by atoms with Crippen molar-refractivity contribution in [2.24, 2.45) is 0 Å². The minimum atomic E-state index is -0.317. The maximum absolute atomic E-state index is 11.0. The van der Waals surface area contributed by atoms with Crippen molar-refractivity contribution in [1.82, 2.24) is 0 Å². The zero-order chi connectivity index (χ0) is 21.4. The first-order chi connectivity index (χ1) is 13.2. The number of carbonyl (C=O) groups is 2. The molecule has 0 heterocycles. The molecule has 158 valence electrons. The van der Waals surface area contributed by atoms with Crippen LogP contribution in [0.4, 0.5) is 0 Å². The number of ether oxygens (including phenoxy) is 2. The Kier molecular flexibility index (Phi) is 14.7. The topological polar surface area (TPSA) is 52.6 Å². The predicted octanol–water partition coefficient (Wildman–Crippen LogP) is 6.24. The summed E-state index contributed by atoms with van der Waals surface area (Å²) in [6.07, 6.45) is 14.7. The number of hydrogen-bond acceptors (Lipinski definition) is 4. The summed E-state index contributed by atoms with van der Waals surface area (Å²) in [4.78, 5) is 21.9. The van der Waals surface area contributed by atoms with Gasteiger partial charge in [0, 0.05) is 13.8 Å². The third kappa shape index (κ3) is 17.3. The molecule has 0 aromatic rings. The van der Waals surface area contributed by atoms with Crippen molar-refractivity contribution in [3.05, 3.63) is 46.6 Å². The van der Waals surface area contributed by atoms with E-state index in [1.54, 1.807) is 0 Å². The summed E-state index contributed by atoms with van der Waals surface area (Å²) >= 11 is 0. The van der Waals surface area contributed by atoms with Crippen molar-refractivity contribution < 1.29 is 19.1 Å². The van der Waals surface area contributed by atoms with Gasteiger partial charge < -0.3 is 9.47 Å². The molecule has 0 aliphatic rings. The van der Waals surface area contributed by atoms with Gasteiger partial charge in [-0.25, -0.2) is 0 Å². The second-order valence-corrected chi connectivity index (χ2v) is 7.44. The van der Waals surface area contributed by atoms with Crippen LogP contribution in [0, 0.1) is 0 Å². The van der Waals surface area contributed by atoms with Gasteiger partial charge in [0.1, 0.15) is 13.2 Å². The van der Waals surface area contributed by atoms with Gasteiger partial charge in [-0.1, -0.05) is 34.9 Å². The third-order valence-electron chi connectivity index (χ3n) is 4.20. The Bertz CT molecular complexity index is 602. The van der Waals surface area contributed by atoms with Crippen LogP contribution in [0.25, 0.3) is 0 Å². The van der Waals surface area contributed by atoms with Crippen LogP contribution in [-0.4, -0.2) is 25.2 Å². The van der Waals surface area contributed by atoms with Crippen LogP contribution in [0.15, 0.2) is 46.6 Å². The first-order valence-corrected chi connectivity index (χ1v) is 10.1. The summed E-state index contributed by atoms with van der Waals surface area (Å²) in [6, 6.07) is 0. The van der Waals surface area contributed by atoms with Crippen LogP contribution in [0.3, 0.4) is 0 Å². The highest BCUT2D eigenvalue weighted by Gasteiger charge is 2.01. The summed E-state index contributed by atoms with van der Waals surface area (Å²) in [6.45, 7) is 11.9. The van der Waals surface area contributed by atoms with E-state index < -0.39 is 0 Å². The van der Waals surface area contributed by atoms with Gasteiger partial charge in [-0.3, -0.25) is 9.59 Å². The van der Waals surface area contributed by atoms with E-state index in [1.165, 1.54) is 30.6 Å². The van der Waals surface area contributed by atoms with E-state index >= 15 is 0 Å². The fourth-order valence-electron chi connectivity index (χ4n) is 2.55. The lowest BCUT2D eigenvalue weighted by molar-refractivity contribution is -0.141. The van der Waals surface area contributed by atoms with Crippen LogP contribution < -0.4 is 0 Å². The van der Waals surface area contributed by atoms with E-state index in [0.29, 0.717) is 0 Å². The average Bonchev–Trinajstić information content (AvgIpc) is 2.58. The SMILES string of the molecule is CC(=O)OCC=C(CCC=C(C)CCC=C(C)CCC=C(C)C)COC(C)=O. The van der Waals surface area contributed by atoms with Crippen LogP contribution >= 0.6 is 0 Å². The minimum Gasteiger partial charge on any atom is -0.462 e. The Morgan fingerprint density at radius 3 is 1.64 bits per heavy atom. The fourth-order valence-corrected chi connectivity index (χ4v) is 2.55. The van der Waals surface area contributed by atoms with Gasteiger partial charge in [-0.05, 0) is 77.9 Å². The van der Waals surface area contributed by atoms with Gasteiger partial charge in [0.15, 0.2) is 0 Å². The molecule has 0 rings (SSSR count). The molecule has 4 nitrogen and oxygen atoms in total. The van der Waals surface area contributed by atoms with Crippen molar-refractivity contribution in [2.75, 3.05) is 13.2 Å². The van der Waals surface area contributed by atoms with Gasteiger partial charge >= 0.3 is 11.9 Å². The molecule has 0 fully saturated rings. The third-order valence-corrected chi connectivity index (χ3v) is 4.20. The zero-order valence-electron chi connectivity index (χ0n) is 18.6. The van der Waals surface area contributed by atoms with E-state index in [0.717, 1.165) is 44.1 Å². The summed E-state index contributed by atoms with van der Waals surface area (Å²) in [5.41, 5.74) is 5.15. The summed E-state index contributed by atoms with van der Waals surface area (Å²) in [7, 11) is 0. The molecule has 0 spiro atoms. The van der Waals surface area contributed by atoms with Gasteiger partial charge in [0.2, 0.25) is 0 Å². The number of allylic oxidation sites excluding steroid dienone is 6. The largest absolute Gasteiger partial charge is 0.462 e. The molecule has 0 aliphatic heterocycles. The van der Waals surface area contributed by atoms with Crippen LogP contribution in [-0.2, 0) is 19.1 Å². The van der Waals surface area contributed by atoms with E-state index in [1.807, 2.05) is 6.08 Å². The van der Waals surface area contributed by atoms with Crippen LogP contribution in [0.1, 0.15) is 80.1 Å². The Hall–Kier alpha value is -2.10. The number of carbonyl (C=O) groups excluding carboxylic acids is 2. The summed E-state index contributed by atoms with van der Waals surface area (Å²) in [5, 5.41) is 0. The van der Waals surface area contributed by atoms with Gasteiger partial charge in [0.25, 0.3) is 0 Å². The van der Waals surface area contributed by atoms with E-state index in [4.69, 9.17) is 9.47 Å². The zero-order valence-corrected chi connectivity index (χ0v) is 18.6. The number of rotatable bonds is 13. The standard InChI is InChI=1S/C24H38O4/c1-19(2)10-7-11-20(3)12-8-13-21(4)14-9-15-24(18-28-23(6)26)16-17-27-22(5)25/h10,12,14,16H,7-9,11,13,15,17-18H2,1-6H3. The van der Waals surface area contributed by atoms with E-state index in [2.05, 4.69) is 45.9 Å². The molecule has 0 atom stereocenters. The number of hydrogen-bond donors (Lipinski definition) is 0. The van der Waals surface area contributed by atoms with Gasteiger partial charge in [-0.15, -0.1) is 0 Å². The Balaban J connectivity index is 4.38. The first kappa shape index (κ1) is 25.9. The fraction of sp³-hybridized carbons (Fsp3) is 0.583. The smallest absolute Gasteiger partial charge is 0.302 e. The molecule has 0 saturated carbocycles. The highest BCUT2D eigenvalue weighted by molar-refractivity contribution is 5.66. The molecule has 0 amide bonds. The second-order valence-electron chi connectivity index (χ2n) is 7.44. The minimum absolute atomic E-state index is 0.214. The van der Waals surface area contributed by atoms with E-state index in [-0.39, 0.29) is 25.2 Å². The van der Waals surface area contributed by atoms with Crippen LogP contribution in [0.5, 0.6) is 0 Å². The predicted molar refractivity (Wildman–Crippen MR) is 116 cm³/mol. The normalized spacial score (nSPS) is 12.6. The lowest BCUT2D eigenvalue weighted by Crippen LogP contribution is -2.05. The highest BCUT2D eigenvalue weighted by atomic mass is 16.5. The maximum Gasteiger partial charge on any atom is 0.302 e. The molecule has 28 heavy (non-hydrogen) atoms. The van der Waals surface area contributed by atoms with Crippen molar-refractivity contribution in [1.29, 1.82) is 0 Å². The number of esters is 2. The monoisotopic (exact) mass is 390 g/mol. The molecular weight excluding hydrogens is 352 g/mol. The van der Waals surface area contributed by atoms with Crippen molar-refractivity contribution in [3.8, 4) is 0 Å². The van der Waals surface area contributed by atoms with Crippen molar-refractivity contribution in [3.63, 3.8) is 0 Å². The second kappa shape index (κ2) is 15.9. The molecule has 0 aromatic heterocycles.